The summed E-state index contributed by atoms with van der Waals surface area (Å²) in [5.74, 6) is 1.55. The van der Waals surface area contributed by atoms with Crippen molar-refractivity contribution in [2.75, 3.05) is 25.6 Å². The summed E-state index contributed by atoms with van der Waals surface area (Å²) < 4.78 is 25.2. The summed E-state index contributed by atoms with van der Waals surface area (Å²) in [7, 11) is 0. The van der Waals surface area contributed by atoms with Gasteiger partial charge in [0.2, 0.25) is 0 Å². The van der Waals surface area contributed by atoms with Crippen molar-refractivity contribution in [3.63, 3.8) is 0 Å². The van der Waals surface area contributed by atoms with Crippen molar-refractivity contribution in [2.45, 2.75) is 6.42 Å². The molecule has 0 spiro atoms. The summed E-state index contributed by atoms with van der Waals surface area (Å²) >= 11 is 4.17. The van der Waals surface area contributed by atoms with Gasteiger partial charge in [-0.05, 0) is 6.42 Å². The van der Waals surface area contributed by atoms with E-state index in [1.54, 1.807) is 6.07 Å². The van der Waals surface area contributed by atoms with Crippen LogP contribution in [0.25, 0.3) is 5.70 Å². The van der Waals surface area contributed by atoms with Gasteiger partial charge in [-0.15, -0.1) is 0 Å². The quantitative estimate of drug-likeness (QED) is 0.841. The lowest BCUT2D eigenvalue weighted by Crippen LogP contribution is -2.26. The number of nitrogens with one attached hydrogen (secondary N) is 1. The zero-order chi connectivity index (χ0) is 14.8. The summed E-state index contributed by atoms with van der Waals surface area (Å²) in [5.41, 5.74) is 1.41. The fourth-order valence-corrected chi connectivity index (χ4v) is 2.60. The maximum Gasteiger partial charge on any atom is 0.138 e. The first-order valence-corrected chi connectivity index (χ1v) is 7.49. The number of hydrogen-bond donors (Lipinski definition) is 2. The maximum absolute atomic E-state index is 14.2. The summed E-state index contributed by atoms with van der Waals surface area (Å²) in [6.07, 6.45) is 0.982. The van der Waals surface area contributed by atoms with Crippen molar-refractivity contribution in [3.05, 3.63) is 30.1 Å². The average Bonchev–Trinajstić information content (AvgIpc) is 2.97. The first-order chi connectivity index (χ1) is 10.2. The standard InChI is InChI=1S/C15H17FN2O2S/c1-9-15-12(16)4-11(20-7-10-2-3-19-6-10)5-13(15)18-14(8-21)17-9/h4-5,10,21H,1-3,6-8H2,(H,17,18). The third-order valence-electron chi connectivity index (χ3n) is 3.55. The Morgan fingerprint density at radius 3 is 3.10 bits per heavy atom. The van der Waals surface area contributed by atoms with Crippen LogP contribution in [0.1, 0.15) is 12.0 Å². The molecule has 112 valence electrons. The van der Waals surface area contributed by atoms with Gasteiger partial charge in [0.1, 0.15) is 17.4 Å². The van der Waals surface area contributed by atoms with Gasteiger partial charge in [0.05, 0.1) is 24.5 Å². The Morgan fingerprint density at radius 2 is 2.38 bits per heavy atom. The Bertz CT molecular complexity index is 598. The minimum absolute atomic E-state index is 0.372. The van der Waals surface area contributed by atoms with Crippen molar-refractivity contribution >= 4 is 29.8 Å². The van der Waals surface area contributed by atoms with Crippen LogP contribution >= 0.6 is 12.6 Å². The molecule has 1 saturated heterocycles. The van der Waals surface area contributed by atoms with E-state index in [4.69, 9.17) is 9.47 Å². The molecule has 0 bridgehead atoms. The molecule has 4 nitrogen and oxygen atoms in total. The number of hydrogen-bond acceptors (Lipinski definition) is 5. The van der Waals surface area contributed by atoms with Crippen molar-refractivity contribution in [3.8, 4) is 5.75 Å². The Balaban J connectivity index is 1.82. The molecule has 1 unspecified atom stereocenters. The summed E-state index contributed by atoms with van der Waals surface area (Å²) in [6, 6.07) is 3.12. The summed E-state index contributed by atoms with van der Waals surface area (Å²) in [5, 5.41) is 2.94. The molecule has 1 aromatic carbocycles. The van der Waals surface area contributed by atoms with Crippen LogP contribution in [0.4, 0.5) is 10.1 Å². The first kappa shape index (κ1) is 14.4. The SMILES string of the molecule is C=C1NC(CS)=Nc2cc(OCC3CCOC3)cc(F)c21. The van der Waals surface area contributed by atoms with Crippen molar-refractivity contribution in [1.29, 1.82) is 0 Å². The smallest absolute Gasteiger partial charge is 0.138 e. The van der Waals surface area contributed by atoms with E-state index >= 15 is 0 Å². The van der Waals surface area contributed by atoms with Crippen molar-refractivity contribution in [2.24, 2.45) is 10.9 Å². The number of rotatable bonds is 4. The molecule has 0 aliphatic carbocycles. The molecule has 0 saturated carbocycles. The second-order valence-corrected chi connectivity index (χ2v) is 5.48. The van der Waals surface area contributed by atoms with Crippen LogP contribution in [0.2, 0.25) is 0 Å². The molecule has 1 aromatic rings. The molecule has 6 heteroatoms. The minimum atomic E-state index is -0.385. The Kier molecular flexibility index (Phi) is 4.17. The third-order valence-corrected chi connectivity index (χ3v) is 3.85. The number of ether oxygens (including phenoxy) is 2. The van der Waals surface area contributed by atoms with Gasteiger partial charge in [0, 0.05) is 36.1 Å². The Hall–Kier alpha value is -1.53. The highest BCUT2D eigenvalue weighted by molar-refractivity contribution is 7.81. The van der Waals surface area contributed by atoms with E-state index < -0.39 is 0 Å². The third kappa shape index (κ3) is 3.06. The number of fused-ring (bicyclic) bond motifs is 1. The van der Waals surface area contributed by atoms with E-state index in [1.165, 1.54) is 6.07 Å². The van der Waals surface area contributed by atoms with Crippen LogP contribution in [0.15, 0.2) is 23.7 Å². The lowest BCUT2D eigenvalue weighted by molar-refractivity contribution is 0.167. The van der Waals surface area contributed by atoms with Crippen LogP contribution in [0, 0.1) is 11.7 Å². The number of nitrogens with zero attached hydrogens (tertiary/aromatic N) is 1. The van der Waals surface area contributed by atoms with Crippen molar-refractivity contribution < 1.29 is 13.9 Å². The number of thiol groups is 1. The van der Waals surface area contributed by atoms with E-state index in [9.17, 15) is 4.39 Å². The molecular formula is C15H17FN2O2S. The van der Waals surface area contributed by atoms with Gasteiger partial charge in [-0.1, -0.05) is 6.58 Å². The molecule has 1 N–H and O–H groups in total. The zero-order valence-corrected chi connectivity index (χ0v) is 12.5. The Labute approximate surface area is 128 Å². The fraction of sp³-hybridized carbons (Fsp3) is 0.400. The van der Waals surface area contributed by atoms with Gasteiger partial charge < -0.3 is 14.8 Å². The van der Waals surface area contributed by atoms with Crippen LogP contribution in [-0.2, 0) is 4.74 Å². The monoisotopic (exact) mass is 308 g/mol. The lowest BCUT2D eigenvalue weighted by Gasteiger charge is -2.20. The predicted octanol–water partition coefficient (Wildman–Crippen LogP) is 2.77. The van der Waals surface area contributed by atoms with Gasteiger partial charge in [0.15, 0.2) is 0 Å². The predicted molar refractivity (Wildman–Crippen MR) is 83.9 cm³/mol. The van der Waals surface area contributed by atoms with Crippen LogP contribution in [0.5, 0.6) is 5.75 Å². The molecule has 1 fully saturated rings. The molecule has 2 aliphatic heterocycles. The van der Waals surface area contributed by atoms with E-state index in [0.717, 1.165) is 13.0 Å². The lowest BCUT2D eigenvalue weighted by atomic mass is 10.1. The normalized spacial score (nSPS) is 20.8. The van der Waals surface area contributed by atoms with Gasteiger partial charge in [-0.2, -0.15) is 12.6 Å². The van der Waals surface area contributed by atoms with Gasteiger partial charge >= 0.3 is 0 Å². The second-order valence-electron chi connectivity index (χ2n) is 5.16. The van der Waals surface area contributed by atoms with Crippen LogP contribution in [-0.4, -0.2) is 31.4 Å². The molecule has 2 aliphatic rings. The minimum Gasteiger partial charge on any atom is -0.493 e. The first-order valence-electron chi connectivity index (χ1n) is 6.86. The highest BCUT2D eigenvalue weighted by Gasteiger charge is 2.21. The highest BCUT2D eigenvalue weighted by atomic mass is 32.1. The van der Waals surface area contributed by atoms with Crippen LogP contribution < -0.4 is 10.1 Å². The highest BCUT2D eigenvalue weighted by Crippen LogP contribution is 2.34. The molecule has 3 rings (SSSR count). The number of aliphatic imine (C=N–C) groups is 1. The zero-order valence-electron chi connectivity index (χ0n) is 11.6. The van der Waals surface area contributed by atoms with Crippen LogP contribution in [0.3, 0.4) is 0 Å². The second kappa shape index (κ2) is 6.07. The summed E-state index contributed by atoms with van der Waals surface area (Å²) in [4.78, 5) is 4.34. The molecular weight excluding hydrogens is 291 g/mol. The van der Waals surface area contributed by atoms with Gasteiger partial charge in [-0.3, -0.25) is 0 Å². The van der Waals surface area contributed by atoms with Crippen molar-refractivity contribution in [1.82, 2.24) is 5.32 Å². The number of benzene rings is 1. The molecule has 1 atom stereocenters. The fourth-order valence-electron chi connectivity index (χ4n) is 2.45. The molecule has 0 radical (unpaired) electrons. The topological polar surface area (TPSA) is 42.9 Å². The Morgan fingerprint density at radius 1 is 1.52 bits per heavy atom. The molecule has 0 amide bonds. The summed E-state index contributed by atoms with van der Waals surface area (Å²) in [6.45, 7) is 5.83. The number of amidine groups is 1. The number of halogens is 1. The van der Waals surface area contributed by atoms with Gasteiger partial charge in [-0.25, -0.2) is 9.38 Å². The molecule has 21 heavy (non-hydrogen) atoms. The average molecular weight is 308 g/mol. The van der Waals surface area contributed by atoms with E-state index in [-0.39, 0.29) is 5.82 Å². The molecule has 0 aromatic heterocycles. The maximum atomic E-state index is 14.2. The van der Waals surface area contributed by atoms with E-state index in [0.29, 0.717) is 53.4 Å². The largest absolute Gasteiger partial charge is 0.493 e. The van der Waals surface area contributed by atoms with E-state index in [1.807, 2.05) is 0 Å². The van der Waals surface area contributed by atoms with E-state index in [2.05, 4.69) is 29.5 Å². The van der Waals surface area contributed by atoms with Gasteiger partial charge in [0.25, 0.3) is 0 Å². The molecule has 2 heterocycles.